The number of hydrogen-bond donors (Lipinski definition) is 2. The Balaban J connectivity index is 1.60. The number of nitrogens with zero attached hydrogens (tertiary/aromatic N) is 6. The molecule has 0 aliphatic heterocycles. The van der Waals surface area contributed by atoms with Crippen LogP contribution in [0.3, 0.4) is 0 Å². The van der Waals surface area contributed by atoms with Crippen LogP contribution in [0.1, 0.15) is 31.5 Å². The first kappa shape index (κ1) is 20.0. The van der Waals surface area contributed by atoms with Gasteiger partial charge >= 0.3 is 0 Å². The number of sulfonamides is 1. The van der Waals surface area contributed by atoms with Crippen molar-refractivity contribution in [3.05, 3.63) is 42.6 Å². The number of nitrogens with one attached hydrogen (secondary N) is 2. The summed E-state index contributed by atoms with van der Waals surface area (Å²) in [5.74, 6) is 2.73. The lowest BCUT2D eigenvalue weighted by Gasteiger charge is -2.10. The third kappa shape index (κ3) is 4.54. The van der Waals surface area contributed by atoms with Gasteiger partial charge in [-0.1, -0.05) is 0 Å². The van der Waals surface area contributed by atoms with Crippen LogP contribution < -0.4 is 10.0 Å². The molecule has 2 N–H and O–H groups in total. The predicted molar refractivity (Wildman–Crippen MR) is 105 cm³/mol. The van der Waals surface area contributed by atoms with E-state index in [1.807, 2.05) is 31.5 Å². The maximum Gasteiger partial charge on any atom is 0.259 e. The molecule has 28 heavy (non-hydrogen) atoms. The lowest BCUT2D eigenvalue weighted by atomic mass is 10.4. The molecule has 0 spiro atoms. The molecule has 0 unspecified atom stereocenters. The van der Waals surface area contributed by atoms with Crippen LogP contribution in [0.4, 0.5) is 5.82 Å². The zero-order chi connectivity index (χ0) is 20.3. The van der Waals surface area contributed by atoms with E-state index in [0.717, 1.165) is 5.82 Å². The minimum atomic E-state index is -3.65. The Bertz CT molecular complexity index is 1050. The highest BCUT2D eigenvalue weighted by atomic mass is 32.2. The molecule has 150 valence electrons. The van der Waals surface area contributed by atoms with Crippen LogP contribution in [-0.4, -0.2) is 50.6 Å². The van der Waals surface area contributed by atoms with Crippen molar-refractivity contribution >= 4 is 15.8 Å². The summed E-state index contributed by atoms with van der Waals surface area (Å²) in [6.45, 7) is 8.16. The third-order valence-electron chi connectivity index (χ3n) is 4.07. The molecule has 3 aromatic rings. The van der Waals surface area contributed by atoms with Crippen LogP contribution in [0.2, 0.25) is 0 Å². The highest BCUT2D eigenvalue weighted by molar-refractivity contribution is 7.89. The van der Waals surface area contributed by atoms with E-state index in [0.29, 0.717) is 24.0 Å². The maximum atomic E-state index is 12.3. The molecule has 0 atom stereocenters. The van der Waals surface area contributed by atoms with Crippen molar-refractivity contribution < 1.29 is 8.42 Å². The average molecular weight is 405 g/mol. The molecule has 3 rings (SSSR count). The summed E-state index contributed by atoms with van der Waals surface area (Å²) in [4.78, 5) is 16.9. The van der Waals surface area contributed by atoms with Gasteiger partial charge in [0.25, 0.3) is 10.0 Å². The number of hydrogen-bond acceptors (Lipinski definition) is 7. The van der Waals surface area contributed by atoms with Crippen molar-refractivity contribution in [2.75, 3.05) is 18.4 Å². The molecule has 0 saturated carbocycles. The molecular weight excluding hydrogens is 380 g/mol. The standard InChI is InChI=1S/C17H24N8O2S/c1-12(2)24-10-17(20-11-24)28(26,27)21-6-5-19-15-9-16(23-13(3)22-15)25-8-7-18-14(25)4/h7-12,21H,5-6H2,1-4H3,(H,19,22,23). The SMILES string of the molecule is Cc1nc(NCCNS(=O)(=O)c2cn(C(C)C)cn2)cc(-n2ccnc2C)n1. The van der Waals surface area contributed by atoms with Gasteiger partial charge in [-0.3, -0.25) is 4.57 Å². The molecular formula is C17H24N8O2S. The van der Waals surface area contributed by atoms with E-state index in [1.54, 1.807) is 23.8 Å². The van der Waals surface area contributed by atoms with Crippen molar-refractivity contribution in [2.45, 2.75) is 38.8 Å². The Morgan fingerprint density at radius 1 is 1.14 bits per heavy atom. The zero-order valence-corrected chi connectivity index (χ0v) is 17.1. The monoisotopic (exact) mass is 404 g/mol. The van der Waals surface area contributed by atoms with E-state index in [-0.39, 0.29) is 17.6 Å². The van der Waals surface area contributed by atoms with Gasteiger partial charge in [0.15, 0.2) is 5.03 Å². The Morgan fingerprint density at radius 3 is 2.57 bits per heavy atom. The first-order valence-electron chi connectivity index (χ1n) is 8.89. The van der Waals surface area contributed by atoms with E-state index in [1.165, 1.54) is 12.5 Å². The van der Waals surface area contributed by atoms with Crippen LogP contribution in [-0.2, 0) is 10.0 Å². The van der Waals surface area contributed by atoms with E-state index in [2.05, 4.69) is 30.0 Å². The Morgan fingerprint density at radius 2 is 1.93 bits per heavy atom. The molecule has 10 nitrogen and oxygen atoms in total. The van der Waals surface area contributed by atoms with Gasteiger partial charge in [0, 0.05) is 43.8 Å². The fourth-order valence-electron chi connectivity index (χ4n) is 2.57. The van der Waals surface area contributed by atoms with Gasteiger partial charge in [0.05, 0.1) is 6.33 Å². The second kappa shape index (κ2) is 8.07. The summed E-state index contributed by atoms with van der Waals surface area (Å²) in [5, 5.41) is 3.13. The fourth-order valence-corrected chi connectivity index (χ4v) is 3.54. The normalized spacial score (nSPS) is 11.9. The van der Waals surface area contributed by atoms with Crippen LogP contribution >= 0.6 is 0 Å². The van der Waals surface area contributed by atoms with Crippen LogP contribution in [0.5, 0.6) is 0 Å². The van der Waals surface area contributed by atoms with Crippen molar-refractivity contribution in [3.8, 4) is 5.82 Å². The molecule has 3 heterocycles. The zero-order valence-electron chi connectivity index (χ0n) is 16.3. The van der Waals surface area contributed by atoms with Crippen LogP contribution in [0, 0.1) is 13.8 Å². The molecule has 0 aromatic carbocycles. The van der Waals surface area contributed by atoms with Gasteiger partial charge in [-0.2, -0.15) is 0 Å². The molecule has 3 aromatic heterocycles. The quantitative estimate of drug-likeness (QED) is 0.545. The first-order valence-corrected chi connectivity index (χ1v) is 10.4. The van der Waals surface area contributed by atoms with E-state index >= 15 is 0 Å². The summed E-state index contributed by atoms with van der Waals surface area (Å²) in [5.41, 5.74) is 0. The summed E-state index contributed by atoms with van der Waals surface area (Å²) in [6.07, 6.45) is 6.56. The van der Waals surface area contributed by atoms with Gasteiger partial charge in [-0.15, -0.1) is 0 Å². The first-order chi connectivity index (χ1) is 13.3. The lowest BCUT2D eigenvalue weighted by molar-refractivity contribution is 0.577. The van der Waals surface area contributed by atoms with Gasteiger partial charge < -0.3 is 9.88 Å². The van der Waals surface area contributed by atoms with Crippen molar-refractivity contribution in [3.63, 3.8) is 0 Å². The molecule has 0 fully saturated rings. The molecule has 0 radical (unpaired) electrons. The number of aryl methyl sites for hydroxylation is 2. The Hall–Kier alpha value is -2.79. The van der Waals surface area contributed by atoms with E-state index in [9.17, 15) is 8.42 Å². The minimum absolute atomic E-state index is 0.0111. The highest BCUT2D eigenvalue weighted by Crippen LogP contribution is 2.13. The summed E-state index contributed by atoms with van der Waals surface area (Å²) in [6, 6.07) is 1.94. The predicted octanol–water partition coefficient (Wildman–Crippen LogP) is 1.45. The van der Waals surface area contributed by atoms with Gasteiger partial charge in [-0.25, -0.2) is 33.1 Å². The van der Waals surface area contributed by atoms with Gasteiger partial charge in [0.1, 0.15) is 23.3 Å². The largest absolute Gasteiger partial charge is 0.369 e. The molecule has 0 amide bonds. The van der Waals surface area contributed by atoms with Crippen molar-refractivity contribution in [2.24, 2.45) is 0 Å². The Labute approximate surface area is 164 Å². The second-order valence-electron chi connectivity index (χ2n) is 6.58. The number of rotatable bonds is 8. The van der Waals surface area contributed by atoms with Gasteiger partial charge in [-0.05, 0) is 27.7 Å². The molecule has 11 heteroatoms. The van der Waals surface area contributed by atoms with Crippen molar-refractivity contribution in [1.29, 1.82) is 0 Å². The maximum absolute atomic E-state index is 12.3. The molecule has 0 aliphatic rings. The third-order valence-corrected chi connectivity index (χ3v) is 5.42. The summed E-state index contributed by atoms with van der Waals surface area (Å²) < 4.78 is 30.8. The van der Waals surface area contributed by atoms with Crippen LogP contribution in [0.25, 0.3) is 5.82 Å². The summed E-state index contributed by atoms with van der Waals surface area (Å²) >= 11 is 0. The lowest BCUT2D eigenvalue weighted by Crippen LogP contribution is -2.29. The molecule has 0 saturated heterocycles. The Kier molecular flexibility index (Phi) is 5.75. The summed E-state index contributed by atoms with van der Waals surface area (Å²) in [7, 11) is -3.65. The second-order valence-corrected chi connectivity index (χ2v) is 8.29. The molecule has 0 bridgehead atoms. The number of anilines is 1. The minimum Gasteiger partial charge on any atom is -0.369 e. The van der Waals surface area contributed by atoms with Crippen LogP contribution in [0.15, 0.2) is 36.0 Å². The topological polar surface area (TPSA) is 120 Å². The van der Waals surface area contributed by atoms with Gasteiger partial charge in [0.2, 0.25) is 0 Å². The fraction of sp³-hybridized carbons (Fsp3) is 0.412. The highest BCUT2D eigenvalue weighted by Gasteiger charge is 2.17. The van der Waals surface area contributed by atoms with Crippen molar-refractivity contribution in [1.82, 2.24) is 33.8 Å². The van der Waals surface area contributed by atoms with E-state index in [4.69, 9.17) is 0 Å². The molecule has 0 aliphatic carbocycles. The number of imidazole rings is 2. The average Bonchev–Trinajstić information content (AvgIpc) is 3.28. The smallest absolute Gasteiger partial charge is 0.259 e. The number of aromatic nitrogens is 6. The van der Waals surface area contributed by atoms with E-state index < -0.39 is 10.0 Å².